The number of hydrogen-bond acceptors (Lipinski definition) is 4. The Kier molecular flexibility index (Phi) is 4.26. The second-order valence-corrected chi connectivity index (χ2v) is 5.28. The third-order valence-electron chi connectivity index (χ3n) is 3.30. The van der Waals surface area contributed by atoms with Crippen LogP contribution in [0, 0.1) is 0 Å². The number of aromatic nitrogens is 3. The highest BCUT2D eigenvalue weighted by atomic mass is 35.5. The van der Waals surface area contributed by atoms with Crippen LogP contribution in [0.1, 0.15) is 20.7 Å². The first-order valence-electron chi connectivity index (χ1n) is 6.84. The van der Waals surface area contributed by atoms with E-state index in [4.69, 9.17) is 16.7 Å². The normalized spacial score (nSPS) is 10.4. The molecule has 3 rings (SSSR count). The van der Waals surface area contributed by atoms with Crippen molar-refractivity contribution in [3.8, 4) is 5.69 Å². The van der Waals surface area contributed by atoms with E-state index in [1.54, 1.807) is 22.8 Å². The van der Waals surface area contributed by atoms with E-state index in [0.29, 0.717) is 16.4 Å². The van der Waals surface area contributed by atoms with Gasteiger partial charge in [0.15, 0.2) is 0 Å². The van der Waals surface area contributed by atoms with E-state index in [1.165, 1.54) is 36.9 Å². The molecule has 1 amide bonds. The Morgan fingerprint density at radius 1 is 1.04 bits per heavy atom. The van der Waals surface area contributed by atoms with E-state index in [2.05, 4.69) is 15.5 Å². The summed E-state index contributed by atoms with van der Waals surface area (Å²) in [5.41, 5.74) is 1.58. The Balaban J connectivity index is 1.84. The molecule has 2 aromatic carbocycles. The fourth-order valence-corrected chi connectivity index (χ4v) is 2.28. The van der Waals surface area contributed by atoms with Crippen LogP contribution < -0.4 is 5.32 Å². The second-order valence-electron chi connectivity index (χ2n) is 4.87. The maximum absolute atomic E-state index is 12.4. The predicted molar refractivity (Wildman–Crippen MR) is 87.7 cm³/mol. The lowest BCUT2D eigenvalue weighted by atomic mass is 10.1. The van der Waals surface area contributed by atoms with Crippen LogP contribution in [0.2, 0.25) is 5.02 Å². The first-order valence-corrected chi connectivity index (χ1v) is 7.21. The molecule has 1 heterocycles. The van der Waals surface area contributed by atoms with Gasteiger partial charge in [0.05, 0.1) is 16.1 Å². The number of benzene rings is 2. The van der Waals surface area contributed by atoms with Crippen molar-refractivity contribution in [1.29, 1.82) is 0 Å². The number of amides is 1. The molecule has 0 aliphatic carbocycles. The number of carboxylic acids is 1. The summed E-state index contributed by atoms with van der Waals surface area (Å²) in [5.74, 6) is -1.43. The third kappa shape index (κ3) is 3.26. The molecule has 24 heavy (non-hydrogen) atoms. The Bertz CT molecular complexity index is 892. The van der Waals surface area contributed by atoms with Crippen molar-refractivity contribution in [3.63, 3.8) is 0 Å². The molecule has 8 heteroatoms. The van der Waals surface area contributed by atoms with Gasteiger partial charge in [-0.1, -0.05) is 11.6 Å². The molecule has 0 aliphatic rings. The number of carbonyl (C=O) groups excluding carboxylic acids is 1. The number of nitrogens with zero attached hydrogens (tertiary/aromatic N) is 3. The van der Waals surface area contributed by atoms with Crippen molar-refractivity contribution < 1.29 is 14.7 Å². The Labute approximate surface area is 141 Å². The van der Waals surface area contributed by atoms with Crippen LogP contribution in [0.25, 0.3) is 5.69 Å². The number of anilines is 1. The molecular weight excluding hydrogens is 332 g/mol. The predicted octanol–water partition coefficient (Wildman–Crippen LogP) is 2.87. The smallest absolute Gasteiger partial charge is 0.335 e. The number of rotatable bonds is 4. The van der Waals surface area contributed by atoms with E-state index in [9.17, 15) is 9.59 Å². The van der Waals surface area contributed by atoms with Crippen LogP contribution >= 0.6 is 11.6 Å². The zero-order valence-corrected chi connectivity index (χ0v) is 12.9. The fraction of sp³-hybridized carbons (Fsp3) is 0. The Morgan fingerprint density at radius 2 is 1.71 bits per heavy atom. The van der Waals surface area contributed by atoms with Gasteiger partial charge in [-0.05, 0) is 42.5 Å². The summed E-state index contributed by atoms with van der Waals surface area (Å²) in [5, 5.41) is 19.3. The third-order valence-corrected chi connectivity index (χ3v) is 3.63. The molecular formula is C16H11ClN4O3. The van der Waals surface area contributed by atoms with Crippen LogP contribution in [0.5, 0.6) is 0 Å². The lowest BCUT2D eigenvalue weighted by Gasteiger charge is -2.09. The van der Waals surface area contributed by atoms with Gasteiger partial charge in [0.25, 0.3) is 5.91 Å². The van der Waals surface area contributed by atoms with Crippen molar-refractivity contribution in [2.45, 2.75) is 0 Å². The van der Waals surface area contributed by atoms with Gasteiger partial charge in [-0.25, -0.2) is 4.79 Å². The maximum atomic E-state index is 12.4. The first kappa shape index (κ1) is 15.7. The number of halogens is 1. The molecule has 3 aromatic rings. The van der Waals surface area contributed by atoms with E-state index in [0.717, 1.165) is 0 Å². The zero-order chi connectivity index (χ0) is 17.1. The summed E-state index contributed by atoms with van der Waals surface area (Å²) in [4.78, 5) is 23.3. The number of aromatic carboxylic acids is 1. The van der Waals surface area contributed by atoms with Crippen molar-refractivity contribution in [3.05, 3.63) is 71.3 Å². The minimum atomic E-state index is -1.03. The summed E-state index contributed by atoms with van der Waals surface area (Å²) in [6.45, 7) is 0. The highest BCUT2D eigenvalue weighted by molar-refractivity contribution is 6.34. The Morgan fingerprint density at radius 3 is 2.33 bits per heavy atom. The summed E-state index contributed by atoms with van der Waals surface area (Å²) >= 11 is 6.11. The van der Waals surface area contributed by atoms with Gasteiger partial charge in [-0.3, -0.25) is 9.36 Å². The topological polar surface area (TPSA) is 97.1 Å². The first-order chi connectivity index (χ1) is 11.5. The lowest BCUT2D eigenvalue weighted by molar-refractivity contribution is 0.0696. The average molecular weight is 343 g/mol. The van der Waals surface area contributed by atoms with Gasteiger partial charge in [0.2, 0.25) is 0 Å². The molecule has 0 unspecified atom stereocenters. The quantitative estimate of drug-likeness (QED) is 0.759. The van der Waals surface area contributed by atoms with E-state index < -0.39 is 11.9 Å². The number of hydrogen-bond donors (Lipinski definition) is 2. The van der Waals surface area contributed by atoms with Crippen molar-refractivity contribution in [1.82, 2.24) is 14.8 Å². The second kappa shape index (κ2) is 6.51. The monoisotopic (exact) mass is 342 g/mol. The van der Waals surface area contributed by atoms with Crippen LogP contribution in [-0.4, -0.2) is 31.7 Å². The Hall–Kier alpha value is -3.19. The molecule has 0 spiro atoms. The minimum Gasteiger partial charge on any atom is -0.478 e. The van der Waals surface area contributed by atoms with Crippen LogP contribution in [-0.2, 0) is 0 Å². The number of carboxylic acid groups (broad SMARTS) is 1. The minimum absolute atomic E-state index is 0.139. The van der Waals surface area contributed by atoms with Gasteiger partial charge in [-0.2, -0.15) is 0 Å². The van der Waals surface area contributed by atoms with Gasteiger partial charge >= 0.3 is 5.97 Å². The van der Waals surface area contributed by atoms with Crippen LogP contribution in [0.3, 0.4) is 0 Å². The molecule has 7 nitrogen and oxygen atoms in total. The van der Waals surface area contributed by atoms with Crippen LogP contribution in [0.4, 0.5) is 5.69 Å². The highest BCUT2D eigenvalue weighted by Crippen LogP contribution is 2.21. The summed E-state index contributed by atoms with van der Waals surface area (Å²) in [6, 6.07) is 10.8. The molecule has 0 radical (unpaired) electrons. The van der Waals surface area contributed by atoms with E-state index in [-0.39, 0.29) is 11.1 Å². The van der Waals surface area contributed by atoms with Gasteiger partial charge in [-0.15, -0.1) is 10.2 Å². The summed E-state index contributed by atoms with van der Waals surface area (Å²) in [6.07, 6.45) is 3.02. The number of carbonyl (C=O) groups is 2. The zero-order valence-electron chi connectivity index (χ0n) is 12.2. The molecule has 0 aliphatic heterocycles. The van der Waals surface area contributed by atoms with E-state index >= 15 is 0 Å². The lowest BCUT2D eigenvalue weighted by Crippen LogP contribution is -2.13. The maximum Gasteiger partial charge on any atom is 0.335 e. The van der Waals surface area contributed by atoms with Crippen molar-refractivity contribution >= 4 is 29.2 Å². The number of nitrogens with one attached hydrogen (secondary N) is 1. The van der Waals surface area contributed by atoms with Gasteiger partial charge < -0.3 is 10.4 Å². The van der Waals surface area contributed by atoms with Gasteiger partial charge in [0, 0.05) is 11.4 Å². The average Bonchev–Trinajstić information content (AvgIpc) is 3.10. The standard InChI is InChI=1S/C16H11ClN4O3/c17-14-6-5-12(21-8-18-19-9-21)7-13(14)15(22)20-11-3-1-10(2-4-11)16(23)24/h1-9H,(H,20,22)(H,23,24). The molecule has 0 bridgehead atoms. The van der Waals surface area contributed by atoms with Crippen LogP contribution in [0.15, 0.2) is 55.1 Å². The fourth-order valence-electron chi connectivity index (χ4n) is 2.08. The molecule has 120 valence electrons. The van der Waals surface area contributed by atoms with Crippen molar-refractivity contribution in [2.24, 2.45) is 0 Å². The largest absolute Gasteiger partial charge is 0.478 e. The molecule has 0 saturated carbocycles. The molecule has 0 fully saturated rings. The summed E-state index contributed by atoms with van der Waals surface area (Å²) in [7, 11) is 0. The molecule has 0 atom stereocenters. The molecule has 0 saturated heterocycles. The van der Waals surface area contributed by atoms with E-state index in [1.807, 2.05) is 0 Å². The summed E-state index contributed by atoms with van der Waals surface area (Å²) < 4.78 is 1.65. The SMILES string of the molecule is O=C(O)c1ccc(NC(=O)c2cc(-n3cnnc3)ccc2Cl)cc1. The highest BCUT2D eigenvalue weighted by Gasteiger charge is 2.13. The van der Waals surface area contributed by atoms with Gasteiger partial charge in [0.1, 0.15) is 12.7 Å². The van der Waals surface area contributed by atoms with Crippen molar-refractivity contribution in [2.75, 3.05) is 5.32 Å². The molecule has 1 aromatic heterocycles. The molecule has 2 N–H and O–H groups in total.